The summed E-state index contributed by atoms with van der Waals surface area (Å²) in [6, 6.07) is 3.01. The van der Waals surface area contributed by atoms with Gasteiger partial charge in [-0.05, 0) is 30.4 Å². The Hall–Kier alpha value is -1.34. The third kappa shape index (κ3) is 2.34. The van der Waals surface area contributed by atoms with Crippen LogP contribution in [-0.2, 0) is 6.18 Å². The van der Waals surface area contributed by atoms with Crippen molar-refractivity contribution in [1.29, 1.82) is 0 Å². The van der Waals surface area contributed by atoms with Gasteiger partial charge < -0.3 is 0 Å². The summed E-state index contributed by atoms with van der Waals surface area (Å²) in [5, 5.41) is 6.23. The first-order chi connectivity index (χ1) is 7.89. The van der Waals surface area contributed by atoms with Crippen molar-refractivity contribution in [3.63, 3.8) is 0 Å². The first-order valence-corrected chi connectivity index (χ1v) is 5.17. The van der Waals surface area contributed by atoms with Crippen LogP contribution in [0.5, 0.6) is 0 Å². The summed E-state index contributed by atoms with van der Waals surface area (Å²) in [6.45, 7) is 0. The molecule has 0 saturated heterocycles. The minimum Gasteiger partial charge on any atom is -0.273 e. The van der Waals surface area contributed by atoms with E-state index in [9.17, 15) is 13.2 Å². The molecule has 0 fully saturated rings. The topological polar surface area (TPSA) is 33.6 Å². The summed E-state index contributed by atoms with van der Waals surface area (Å²) in [5.41, 5.74) is -0.653. The van der Waals surface area contributed by atoms with E-state index in [1.807, 2.05) is 0 Å². The first-order valence-electron chi connectivity index (χ1n) is 4.39. The molecule has 2 aromatic rings. The molecule has 0 aliphatic carbocycles. The third-order valence-electron chi connectivity index (χ3n) is 2.09. The second kappa shape index (κ2) is 4.15. The molecule has 0 bridgehead atoms. The van der Waals surface area contributed by atoms with Crippen molar-refractivity contribution in [3.05, 3.63) is 39.9 Å². The number of benzene rings is 1. The van der Waals surface area contributed by atoms with E-state index >= 15 is 0 Å². The second-order valence-corrected chi connectivity index (χ2v) is 3.99. The number of H-pyrrole nitrogens is 1. The zero-order chi connectivity index (χ0) is 12.6. The van der Waals surface area contributed by atoms with E-state index in [2.05, 4.69) is 10.2 Å². The van der Waals surface area contributed by atoms with Crippen molar-refractivity contribution in [2.75, 3.05) is 0 Å². The number of rotatable bonds is 1. The lowest BCUT2D eigenvalue weighted by atomic mass is 10.2. The van der Waals surface area contributed by atoms with Crippen molar-refractivity contribution in [2.24, 2.45) is 0 Å². The lowest BCUT2D eigenvalue weighted by molar-refractivity contribution is -0.137. The van der Waals surface area contributed by atoms with Gasteiger partial charge in [-0.1, -0.05) is 11.6 Å². The predicted molar refractivity (Wildman–Crippen MR) is 58.8 cm³/mol. The maximum absolute atomic E-state index is 12.5. The first kappa shape index (κ1) is 12.1. The van der Waals surface area contributed by atoms with E-state index in [1.165, 1.54) is 17.0 Å². The van der Waals surface area contributed by atoms with E-state index in [0.717, 1.165) is 12.1 Å². The Kier molecular flexibility index (Phi) is 2.96. The fraction of sp³-hybridized carbons (Fsp3) is 0.111. The maximum Gasteiger partial charge on any atom is 0.416 e. The van der Waals surface area contributed by atoms with Gasteiger partial charge in [-0.3, -0.25) is 9.67 Å². The molecule has 0 aliphatic heterocycles. The molecule has 1 N–H and O–H groups in total. The summed E-state index contributed by atoms with van der Waals surface area (Å²) in [5.74, 6) is 0. The van der Waals surface area contributed by atoms with Crippen LogP contribution in [0, 0.1) is 4.77 Å². The SMILES string of the molecule is FC(F)(F)c1ccc(Cl)c(-n2cn[nH]c2=S)c1. The average Bonchev–Trinajstić information content (AvgIpc) is 2.63. The van der Waals surface area contributed by atoms with Gasteiger partial charge in [0, 0.05) is 0 Å². The number of aromatic amines is 1. The Bertz CT molecular complexity index is 602. The number of halogens is 4. The molecule has 0 radical (unpaired) electrons. The van der Waals surface area contributed by atoms with Gasteiger partial charge in [0.1, 0.15) is 6.33 Å². The number of hydrogen-bond acceptors (Lipinski definition) is 2. The van der Waals surface area contributed by atoms with E-state index in [4.69, 9.17) is 23.8 Å². The lowest BCUT2D eigenvalue weighted by Crippen LogP contribution is -2.06. The quantitative estimate of drug-likeness (QED) is 0.809. The number of alkyl halides is 3. The van der Waals surface area contributed by atoms with E-state index in [-0.39, 0.29) is 15.5 Å². The van der Waals surface area contributed by atoms with Gasteiger partial charge in [-0.25, -0.2) is 0 Å². The molecular weight excluding hydrogens is 275 g/mol. The van der Waals surface area contributed by atoms with Crippen LogP contribution in [0.3, 0.4) is 0 Å². The molecule has 0 amide bonds. The van der Waals surface area contributed by atoms with Crippen molar-refractivity contribution >= 4 is 23.8 Å². The standard InChI is InChI=1S/C9H5ClF3N3S/c10-6-2-1-5(9(11,12)13)3-7(6)16-4-14-15-8(16)17/h1-4H,(H,15,17). The molecule has 17 heavy (non-hydrogen) atoms. The lowest BCUT2D eigenvalue weighted by Gasteiger charge is -2.10. The summed E-state index contributed by atoms with van der Waals surface area (Å²) in [6.07, 6.45) is -3.16. The number of hydrogen-bond donors (Lipinski definition) is 1. The van der Waals surface area contributed by atoms with Gasteiger partial charge in [-0.2, -0.15) is 18.3 Å². The van der Waals surface area contributed by atoms with Gasteiger partial charge in [0.15, 0.2) is 4.77 Å². The fourth-order valence-corrected chi connectivity index (χ4v) is 1.70. The number of aromatic nitrogens is 3. The molecule has 90 valence electrons. The van der Waals surface area contributed by atoms with Gasteiger partial charge in [0.25, 0.3) is 0 Å². The fourth-order valence-electron chi connectivity index (χ4n) is 1.29. The summed E-state index contributed by atoms with van der Waals surface area (Å²) in [7, 11) is 0. The summed E-state index contributed by atoms with van der Waals surface area (Å²) < 4.78 is 39.1. The third-order valence-corrected chi connectivity index (χ3v) is 2.69. The van der Waals surface area contributed by atoms with Gasteiger partial charge in [-0.15, -0.1) is 0 Å². The molecule has 1 aromatic heterocycles. The molecule has 2 rings (SSSR count). The number of nitrogens with one attached hydrogen (secondary N) is 1. The Balaban J connectivity index is 2.63. The zero-order valence-corrected chi connectivity index (χ0v) is 9.70. The van der Waals surface area contributed by atoms with E-state index in [0.29, 0.717) is 0 Å². The monoisotopic (exact) mass is 279 g/mol. The van der Waals surface area contributed by atoms with Crippen molar-refractivity contribution < 1.29 is 13.2 Å². The van der Waals surface area contributed by atoms with Crippen LogP contribution in [0.15, 0.2) is 24.5 Å². The Morgan fingerprint density at radius 3 is 2.59 bits per heavy atom. The molecular formula is C9H5ClF3N3S. The summed E-state index contributed by atoms with van der Waals surface area (Å²) >= 11 is 10.7. The highest BCUT2D eigenvalue weighted by Gasteiger charge is 2.31. The molecule has 0 spiro atoms. The van der Waals surface area contributed by atoms with Crippen LogP contribution >= 0.6 is 23.8 Å². The zero-order valence-electron chi connectivity index (χ0n) is 8.12. The Morgan fingerprint density at radius 1 is 1.35 bits per heavy atom. The van der Waals surface area contributed by atoms with Crippen LogP contribution in [0.1, 0.15) is 5.56 Å². The molecule has 0 aliphatic rings. The molecule has 1 heterocycles. The Morgan fingerprint density at radius 2 is 2.06 bits per heavy atom. The normalized spacial score (nSPS) is 11.8. The van der Waals surface area contributed by atoms with Gasteiger partial charge in [0.2, 0.25) is 0 Å². The van der Waals surface area contributed by atoms with E-state index < -0.39 is 11.7 Å². The molecule has 0 saturated carbocycles. The van der Waals surface area contributed by atoms with Crippen LogP contribution in [0.25, 0.3) is 5.69 Å². The molecule has 0 unspecified atom stereocenters. The highest BCUT2D eigenvalue weighted by Crippen LogP contribution is 2.32. The molecule has 1 aromatic carbocycles. The highest BCUT2D eigenvalue weighted by molar-refractivity contribution is 7.71. The Labute approximate surface area is 104 Å². The van der Waals surface area contributed by atoms with Crippen LogP contribution in [-0.4, -0.2) is 14.8 Å². The van der Waals surface area contributed by atoms with Gasteiger partial charge in [0.05, 0.1) is 16.3 Å². The predicted octanol–water partition coefficient (Wildman–Crippen LogP) is 3.60. The van der Waals surface area contributed by atoms with Crippen molar-refractivity contribution in [1.82, 2.24) is 14.8 Å². The van der Waals surface area contributed by atoms with Crippen molar-refractivity contribution in [2.45, 2.75) is 6.18 Å². The second-order valence-electron chi connectivity index (χ2n) is 3.20. The molecule has 0 atom stereocenters. The minimum absolute atomic E-state index is 0.139. The molecule has 8 heteroatoms. The van der Waals surface area contributed by atoms with Crippen LogP contribution in [0.4, 0.5) is 13.2 Å². The van der Waals surface area contributed by atoms with E-state index in [1.54, 1.807) is 0 Å². The molecule has 3 nitrogen and oxygen atoms in total. The largest absolute Gasteiger partial charge is 0.416 e. The van der Waals surface area contributed by atoms with Gasteiger partial charge >= 0.3 is 6.18 Å². The van der Waals surface area contributed by atoms with Crippen molar-refractivity contribution in [3.8, 4) is 5.69 Å². The van der Waals surface area contributed by atoms with Crippen LogP contribution in [0.2, 0.25) is 5.02 Å². The number of nitrogens with zero attached hydrogens (tertiary/aromatic N) is 2. The van der Waals surface area contributed by atoms with Crippen LogP contribution < -0.4 is 0 Å². The summed E-state index contributed by atoms with van der Waals surface area (Å²) in [4.78, 5) is 0. The minimum atomic E-state index is -4.43. The average molecular weight is 280 g/mol. The highest BCUT2D eigenvalue weighted by atomic mass is 35.5. The maximum atomic E-state index is 12.5. The smallest absolute Gasteiger partial charge is 0.273 e.